The molecule has 1 amide bonds. The Morgan fingerprint density at radius 2 is 1.53 bits per heavy atom. The van der Waals surface area contributed by atoms with Crippen molar-refractivity contribution < 1.29 is 18.0 Å². The number of hydrogen-bond acceptors (Lipinski definition) is 4. The van der Waals surface area contributed by atoms with Crippen LogP contribution in [0.1, 0.15) is 33.5 Å². The first-order chi connectivity index (χ1) is 15.3. The summed E-state index contributed by atoms with van der Waals surface area (Å²) in [5, 5.41) is 6.79. The van der Waals surface area contributed by atoms with Gasteiger partial charge in [0, 0.05) is 17.4 Å². The Morgan fingerprint density at radius 3 is 2.03 bits per heavy atom. The molecule has 3 heterocycles. The molecule has 162 valence electrons. The lowest BCUT2D eigenvalue weighted by molar-refractivity contribution is -0.143. The van der Waals surface area contributed by atoms with E-state index in [1.165, 1.54) is 36.7 Å². The number of hydrogen-bond donors (Lipinski definition) is 1. The molecule has 4 aromatic rings. The van der Waals surface area contributed by atoms with Crippen molar-refractivity contribution in [2.24, 2.45) is 0 Å². The third-order valence-electron chi connectivity index (χ3n) is 4.60. The van der Waals surface area contributed by atoms with E-state index < -0.39 is 29.4 Å². The van der Waals surface area contributed by atoms with Crippen molar-refractivity contribution in [3.8, 4) is 5.69 Å². The van der Waals surface area contributed by atoms with Gasteiger partial charge in [-0.2, -0.15) is 18.3 Å². The monoisotopic (exact) mass is 457 g/mol. The van der Waals surface area contributed by atoms with Gasteiger partial charge in [-0.25, -0.2) is 4.68 Å². The van der Waals surface area contributed by atoms with Gasteiger partial charge >= 0.3 is 6.18 Å². The standard InChI is InChI=1S/C22H15ClF3N5O/c23-14-7-9-15(10-8-14)31-20(22(24,25)26)16(13-29-31)21(32)30-19(17-5-1-3-11-27-17)18-6-2-4-12-28-18/h1-13,19H,(H,30,32). The number of benzene rings is 1. The maximum atomic E-state index is 14.0. The van der Waals surface area contributed by atoms with Crippen LogP contribution >= 0.6 is 11.6 Å². The van der Waals surface area contributed by atoms with Crippen molar-refractivity contribution in [3.63, 3.8) is 0 Å². The minimum atomic E-state index is -4.84. The first kappa shape index (κ1) is 21.5. The van der Waals surface area contributed by atoms with Crippen molar-refractivity contribution in [1.29, 1.82) is 0 Å². The Balaban J connectivity index is 1.74. The van der Waals surface area contributed by atoms with Crippen LogP contribution in [0.4, 0.5) is 13.2 Å². The molecule has 0 saturated heterocycles. The SMILES string of the molecule is O=C(NC(c1ccccn1)c1ccccn1)c1cnn(-c2ccc(Cl)cc2)c1C(F)(F)F. The summed E-state index contributed by atoms with van der Waals surface area (Å²) in [6.45, 7) is 0. The number of aromatic nitrogens is 4. The molecule has 0 atom stereocenters. The molecule has 0 saturated carbocycles. The van der Waals surface area contributed by atoms with Gasteiger partial charge in [-0.15, -0.1) is 0 Å². The second-order valence-corrected chi connectivity index (χ2v) is 7.14. The number of alkyl halides is 3. The maximum absolute atomic E-state index is 14.0. The lowest BCUT2D eigenvalue weighted by Crippen LogP contribution is -2.32. The average Bonchev–Trinajstić information content (AvgIpc) is 3.25. The van der Waals surface area contributed by atoms with Crippen molar-refractivity contribution in [2.75, 3.05) is 0 Å². The van der Waals surface area contributed by atoms with E-state index in [1.54, 1.807) is 36.4 Å². The van der Waals surface area contributed by atoms with Crippen LogP contribution < -0.4 is 5.32 Å². The number of nitrogens with one attached hydrogen (secondary N) is 1. The molecule has 1 N–H and O–H groups in total. The Morgan fingerprint density at radius 1 is 0.938 bits per heavy atom. The van der Waals surface area contributed by atoms with Crippen LogP contribution in [0.2, 0.25) is 5.02 Å². The van der Waals surface area contributed by atoms with Gasteiger partial charge in [0.2, 0.25) is 0 Å². The number of carbonyl (C=O) groups excluding carboxylic acids is 1. The summed E-state index contributed by atoms with van der Waals surface area (Å²) in [6.07, 6.45) is -0.900. The first-order valence-electron chi connectivity index (χ1n) is 9.38. The molecule has 0 unspecified atom stereocenters. The zero-order valence-corrected chi connectivity index (χ0v) is 17.0. The van der Waals surface area contributed by atoms with E-state index in [0.29, 0.717) is 21.1 Å². The van der Waals surface area contributed by atoms with Crippen LogP contribution in [0.15, 0.2) is 79.3 Å². The Labute approximate surface area is 185 Å². The molecule has 0 radical (unpaired) electrons. The highest BCUT2D eigenvalue weighted by molar-refractivity contribution is 6.30. The lowest BCUT2D eigenvalue weighted by Gasteiger charge is -2.18. The predicted molar refractivity (Wildman–Crippen MR) is 111 cm³/mol. The normalized spacial score (nSPS) is 11.5. The van der Waals surface area contributed by atoms with Crippen LogP contribution in [-0.2, 0) is 6.18 Å². The summed E-state index contributed by atoms with van der Waals surface area (Å²) in [5.74, 6) is -0.959. The molecule has 32 heavy (non-hydrogen) atoms. The third kappa shape index (κ3) is 4.47. The summed E-state index contributed by atoms with van der Waals surface area (Å²) in [6, 6.07) is 14.9. The molecule has 1 aromatic carbocycles. The van der Waals surface area contributed by atoms with Gasteiger partial charge in [-0.1, -0.05) is 23.7 Å². The number of pyridine rings is 2. The van der Waals surface area contributed by atoms with Crippen molar-refractivity contribution >= 4 is 17.5 Å². The number of amides is 1. The van der Waals surface area contributed by atoms with E-state index in [9.17, 15) is 18.0 Å². The highest BCUT2D eigenvalue weighted by atomic mass is 35.5. The Hall–Kier alpha value is -3.72. The summed E-state index contributed by atoms with van der Waals surface area (Å²) < 4.78 is 42.5. The topological polar surface area (TPSA) is 72.7 Å². The smallest absolute Gasteiger partial charge is 0.338 e. The number of halogens is 4. The number of carbonyl (C=O) groups is 1. The molecular formula is C22H15ClF3N5O. The van der Waals surface area contributed by atoms with E-state index in [2.05, 4.69) is 20.4 Å². The molecule has 3 aromatic heterocycles. The molecule has 0 spiro atoms. The van der Waals surface area contributed by atoms with E-state index in [0.717, 1.165) is 6.20 Å². The minimum absolute atomic E-state index is 0.117. The highest BCUT2D eigenvalue weighted by Gasteiger charge is 2.41. The number of rotatable bonds is 5. The van der Waals surface area contributed by atoms with E-state index in [4.69, 9.17) is 11.6 Å². The molecule has 0 aliphatic heterocycles. The molecule has 0 aliphatic carbocycles. The molecule has 4 rings (SSSR count). The van der Waals surface area contributed by atoms with Crippen molar-refractivity contribution in [3.05, 3.63) is 107 Å². The van der Waals surface area contributed by atoms with Gasteiger partial charge < -0.3 is 5.32 Å². The van der Waals surface area contributed by atoms with E-state index in [-0.39, 0.29) is 5.69 Å². The van der Waals surface area contributed by atoms with Gasteiger partial charge in [0.05, 0.1) is 28.8 Å². The third-order valence-corrected chi connectivity index (χ3v) is 4.85. The molecule has 10 heteroatoms. The van der Waals surface area contributed by atoms with Crippen LogP contribution in [0, 0.1) is 0 Å². The van der Waals surface area contributed by atoms with Gasteiger partial charge in [0.25, 0.3) is 5.91 Å². The van der Waals surface area contributed by atoms with Crippen LogP contribution in [0.3, 0.4) is 0 Å². The van der Waals surface area contributed by atoms with Gasteiger partial charge in [0.15, 0.2) is 5.69 Å². The van der Waals surface area contributed by atoms with Crippen LogP contribution in [-0.4, -0.2) is 25.7 Å². The second-order valence-electron chi connectivity index (χ2n) is 6.71. The summed E-state index contributed by atoms with van der Waals surface area (Å²) in [7, 11) is 0. The molecule has 0 bridgehead atoms. The minimum Gasteiger partial charge on any atom is -0.338 e. The van der Waals surface area contributed by atoms with Crippen molar-refractivity contribution in [2.45, 2.75) is 12.2 Å². The Bertz CT molecular complexity index is 1170. The summed E-state index contributed by atoms with van der Waals surface area (Å²) in [5.41, 5.74) is -0.842. The average molecular weight is 458 g/mol. The molecule has 0 fully saturated rings. The van der Waals surface area contributed by atoms with Crippen LogP contribution in [0.5, 0.6) is 0 Å². The second kappa shape index (κ2) is 8.80. The zero-order chi connectivity index (χ0) is 22.7. The summed E-state index contributed by atoms with van der Waals surface area (Å²) >= 11 is 5.83. The fourth-order valence-corrected chi connectivity index (χ4v) is 3.29. The fraction of sp³-hybridized carbons (Fsp3) is 0.0909. The molecular weight excluding hydrogens is 443 g/mol. The maximum Gasteiger partial charge on any atom is 0.434 e. The summed E-state index contributed by atoms with van der Waals surface area (Å²) in [4.78, 5) is 21.5. The Kier molecular flexibility index (Phi) is 5.91. The number of nitrogens with zero attached hydrogens (tertiary/aromatic N) is 4. The zero-order valence-electron chi connectivity index (χ0n) is 16.3. The molecule has 0 aliphatic rings. The van der Waals surface area contributed by atoms with Crippen molar-refractivity contribution in [1.82, 2.24) is 25.1 Å². The molecule has 6 nitrogen and oxygen atoms in total. The largest absolute Gasteiger partial charge is 0.434 e. The van der Waals surface area contributed by atoms with Crippen LogP contribution in [0.25, 0.3) is 5.69 Å². The van der Waals surface area contributed by atoms with E-state index in [1.807, 2.05) is 0 Å². The van der Waals surface area contributed by atoms with Gasteiger partial charge in [-0.05, 0) is 48.5 Å². The highest BCUT2D eigenvalue weighted by Crippen LogP contribution is 2.34. The van der Waals surface area contributed by atoms with E-state index >= 15 is 0 Å². The lowest BCUT2D eigenvalue weighted by atomic mass is 10.1. The van der Waals surface area contributed by atoms with Gasteiger partial charge in [-0.3, -0.25) is 14.8 Å². The predicted octanol–water partition coefficient (Wildman–Crippen LogP) is 4.85. The van der Waals surface area contributed by atoms with Gasteiger partial charge in [0.1, 0.15) is 6.04 Å². The fourth-order valence-electron chi connectivity index (χ4n) is 3.17. The quantitative estimate of drug-likeness (QED) is 0.465. The first-order valence-corrected chi connectivity index (χ1v) is 9.76.